The Labute approximate surface area is 132 Å². The van der Waals surface area contributed by atoms with Crippen LogP contribution in [-0.2, 0) is 12.6 Å². The largest absolute Gasteiger partial charge is 0.411 e. The fraction of sp³-hybridized carbons (Fsp3) is 0.500. The minimum Gasteiger partial charge on any atom is -0.411 e. The first-order valence-electron chi connectivity index (χ1n) is 6.52. The molecule has 0 bridgehead atoms. The molecule has 19 heavy (non-hydrogen) atoms. The van der Waals surface area contributed by atoms with Crippen molar-refractivity contribution < 1.29 is 4.90 Å². The maximum Gasteiger partial charge on any atom is 0.0742 e. The normalized spacial score (nSPS) is 9.74. The summed E-state index contributed by atoms with van der Waals surface area (Å²) in [7, 11) is 0. The Kier molecular flexibility index (Phi) is 11.2. The summed E-state index contributed by atoms with van der Waals surface area (Å²) in [6, 6.07) is 7.98. The van der Waals surface area contributed by atoms with Crippen molar-refractivity contribution in [2.75, 3.05) is 31.2 Å². The van der Waals surface area contributed by atoms with Gasteiger partial charge in [-0.15, -0.1) is 11.8 Å². The summed E-state index contributed by atoms with van der Waals surface area (Å²) in [6.07, 6.45) is 2.04. The first-order valence-corrected chi connectivity index (χ1v) is 8.57. The highest BCUT2D eigenvalue weighted by atomic mass is 32.2. The van der Waals surface area contributed by atoms with Crippen molar-refractivity contribution in [1.82, 2.24) is 0 Å². The molecule has 0 aliphatic heterocycles. The lowest BCUT2D eigenvalue weighted by atomic mass is 10.3. The molecule has 108 valence electrons. The summed E-state index contributed by atoms with van der Waals surface area (Å²) in [5.74, 6) is 0. The molecular weight excluding hydrogens is 292 g/mol. The number of thioether (sulfide) groups is 1. The van der Waals surface area contributed by atoms with Crippen LogP contribution in [0.2, 0.25) is 0 Å². The van der Waals surface area contributed by atoms with Crippen molar-refractivity contribution in [3.05, 3.63) is 24.3 Å². The molecule has 0 fully saturated rings. The first kappa shape index (κ1) is 18.6. The molecule has 2 N–H and O–H groups in total. The average molecular weight is 317 g/mol. The third kappa shape index (κ3) is 9.21. The molecule has 0 saturated heterocycles. The zero-order chi connectivity index (χ0) is 14.7. The zero-order valence-corrected chi connectivity index (χ0v) is 14.6. The van der Waals surface area contributed by atoms with Gasteiger partial charge in [0.2, 0.25) is 0 Å². The smallest absolute Gasteiger partial charge is 0.0742 e. The van der Waals surface area contributed by atoms with Crippen molar-refractivity contribution in [2.24, 2.45) is 0 Å². The molecular formula is C14H24N2S3. The van der Waals surface area contributed by atoms with Crippen LogP contribution < -0.4 is 10.2 Å². The number of anilines is 1. The molecule has 0 unspecified atom stereocenters. The Morgan fingerprint density at radius 1 is 1.16 bits per heavy atom. The molecule has 0 saturated carbocycles. The molecule has 1 rings (SSSR count). The average Bonchev–Trinajstić information content (AvgIpc) is 2.42. The Balaban J connectivity index is 0.000000399. The molecule has 0 heterocycles. The molecule has 0 aliphatic rings. The van der Waals surface area contributed by atoms with Crippen molar-refractivity contribution in [1.29, 1.82) is 0 Å². The van der Waals surface area contributed by atoms with E-state index < -0.39 is 0 Å². The van der Waals surface area contributed by atoms with Gasteiger partial charge in [0.1, 0.15) is 0 Å². The Morgan fingerprint density at radius 3 is 1.89 bits per heavy atom. The number of quaternary nitrogens is 1. The second kappa shape index (κ2) is 11.5. The summed E-state index contributed by atoms with van der Waals surface area (Å²) in [4.78, 5) is 2.91. The second-order valence-corrected chi connectivity index (χ2v) is 5.91. The molecule has 1 aromatic rings. The third-order valence-electron chi connectivity index (χ3n) is 2.84. The van der Waals surface area contributed by atoms with Crippen LogP contribution in [0.1, 0.15) is 20.8 Å². The number of rotatable bonds is 5. The van der Waals surface area contributed by atoms with Crippen molar-refractivity contribution in [3.63, 3.8) is 0 Å². The minimum atomic E-state index is 0.381. The monoisotopic (exact) mass is 316 g/mol. The van der Waals surface area contributed by atoms with Crippen LogP contribution in [0.3, 0.4) is 0 Å². The number of nitrogens with one attached hydrogen (secondary N) is 2. The summed E-state index contributed by atoms with van der Waals surface area (Å²) < 4.78 is 0.381. The fourth-order valence-corrected chi connectivity index (χ4v) is 2.19. The van der Waals surface area contributed by atoms with Crippen LogP contribution in [-0.4, -0.2) is 30.2 Å². The van der Waals surface area contributed by atoms with Crippen LogP contribution in [0.4, 0.5) is 5.69 Å². The molecule has 0 aromatic heterocycles. The summed E-state index contributed by atoms with van der Waals surface area (Å²) >= 11 is 11.2. The van der Waals surface area contributed by atoms with Gasteiger partial charge in [-0.05, 0) is 51.3 Å². The van der Waals surface area contributed by atoms with E-state index in [1.165, 1.54) is 24.5 Å². The molecule has 0 amide bonds. The zero-order valence-electron chi connectivity index (χ0n) is 12.2. The van der Waals surface area contributed by atoms with Crippen LogP contribution in [0.15, 0.2) is 29.2 Å². The van der Waals surface area contributed by atoms with Gasteiger partial charge >= 0.3 is 0 Å². The van der Waals surface area contributed by atoms with E-state index in [0.29, 0.717) is 4.32 Å². The lowest BCUT2D eigenvalue weighted by Gasteiger charge is -2.10. The lowest BCUT2D eigenvalue weighted by Crippen LogP contribution is -3.11. The number of benzene rings is 1. The van der Waals surface area contributed by atoms with E-state index in [2.05, 4.69) is 26.1 Å². The van der Waals surface area contributed by atoms with Gasteiger partial charge in [-0.2, -0.15) is 0 Å². The lowest BCUT2D eigenvalue weighted by molar-refractivity contribution is -0.894. The minimum absolute atomic E-state index is 0.381. The second-order valence-electron chi connectivity index (χ2n) is 3.95. The van der Waals surface area contributed by atoms with E-state index in [4.69, 9.17) is 24.8 Å². The van der Waals surface area contributed by atoms with Gasteiger partial charge in [0.15, 0.2) is 0 Å². The number of hydrogen-bond donors (Lipinski definition) is 2. The van der Waals surface area contributed by atoms with Crippen LogP contribution in [0, 0.1) is 0 Å². The van der Waals surface area contributed by atoms with Gasteiger partial charge in [0, 0.05) is 10.6 Å². The predicted octanol–water partition coefficient (Wildman–Crippen LogP) is 2.58. The SMILES string of the molecule is CC[NH+](CC)CC.CSc1ccc(NC(=S)[S-])cc1. The standard InChI is InChI=1S/C8H9NS3.C6H15N/c1-12-7-4-2-6(3-5-7)9-8(10)11;1-4-7(5-2)6-3/h2-5H,1H3,(H2,9,10,11);4-6H2,1-3H3. The number of thiocarbonyl (C=S) groups is 1. The molecule has 1 aromatic carbocycles. The van der Waals surface area contributed by atoms with Gasteiger partial charge in [0.05, 0.1) is 19.6 Å². The van der Waals surface area contributed by atoms with Crippen LogP contribution >= 0.6 is 24.0 Å². The van der Waals surface area contributed by atoms with E-state index in [1.54, 1.807) is 16.7 Å². The van der Waals surface area contributed by atoms with Gasteiger partial charge in [-0.3, -0.25) is 0 Å². The quantitative estimate of drug-likeness (QED) is 0.493. The first-order chi connectivity index (χ1) is 9.07. The molecule has 2 nitrogen and oxygen atoms in total. The van der Waals surface area contributed by atoms with E-state index >= 15 is 0 Å². The van der Waals surface area contributed by atoms with Crippen molar-refractivity contribution in [2.45, 2.75) is 25.7 Å². The topological polar surface area (TPSA) is 16.5 Å². The Morgan fingerprint density at radius 2 is 1.63 bits per heavy atom. The third-order valence-corrected chi connectivity index (χ3v) is 3.78. The highest BCUT2D eigenvalue weighted by molar-refractivity contribution is 8.00. The Hall–Kier alpha value is -0.360. The van der Waals surface area contributed by atoms with E-state index in [-0.39, 0.29) is 0 Å². The fourth-order valence-electron chi connectivity index (χ4n) is 1.54. The van der Waals surface area contributed by atoms with Crippen molar-refractivity contribution >= 4 is 46.6 Å². The van der Waals surface area contributed by atoms with Gasteiger partial charge in [-0.1, -0.05) is 4.32 Å². The molecule has 5 heteroatoms. The summed E-state index contributed by atoms with van der Waals surface area (Å²) in [5, 5.41) is 2.89. The van der Waals surface area contributed by atoms with Crippen LogP contribution in [0.25, 0.3) is 0 Å². The van der Waals surface area contributed by atoms with Gasteiger partial charge < -0.3 is 35.1 Å². The molecule has 0 radical (unpaired) electrons. The van der Waals surface area contributed by atoms with E-state index in [1.807, 2.05) is 30.5 Å². The molecule has 0 aliphatic carbocycles. The van der Waals surface area contributed by atoms with E-state index in [0.717, 1.165) is 5.69 Å². The van der Waals surface area contributed by atoms with Crippen LogP contribution in [0.5, 0.6) is 0 Å². The predicted molar refractivity (Wildman–Crippen MR) is 94.4 cm³/mol. The summed E-state index contributed by atoms with van der Waals surface area (Å²) in [5.41, 5.74) is 0.952. The van der Waals surface area contributed by atoms with Gasteiger partial charge in [-0.25, -0.2) is 0 Å². The maximum absolute atomic E-state index is 4.74. The molecule has 0 atom stereocenters. The highest BCUT2D eigenvalue weighted by Gasteiger charge is 1.93. The number of hydrogen-bond acceptors (Lipinski definition) is 3. The highest BCUT2D eigenvalue weighted by Crippen LogP contribution is 2.17. The summed E-state index contributed by atoms with van der Waals surface area (Å²) in [6.45, 7) is 10.5. The van der Waals surface area contributed by atoms with E-state index in [9.17, 15) is 0 Å². The maximum atomic E-state index is 4.74. The van der Waals surface area contributed by atoms with Crippen molar-refractivity contribution in [3.8, 4) is 0 Å². The Bertz CT molecular complexity index is 343. The van der Waals surface area contributed by atoms with Gasteiger partial charge in [0.25, 0.3) is 0 Å². The molecule has 0 spiro atoms.